The molecule has 0 aliphatic rings. The van der Waals surface area contributed by atoms with Crippen LogP contribution in [0.5, 0.6) is 5.75 Å². The van der Waals surface area contributed by atoms with Gasteiger partial charge in [0, 0.05) is 11.6 Å². The molecule has 0 saturated carbocycles. The average molecular weight is 276 g/mol. The molecule has 0 aliphatic carbocycles. The van der Waals surface area contributed by atoms with Gasteiger partial charge in [0.25, 0.3) is 0 Å². The Morgan fingerprint density at radius 3 is 2.75 bits per heavy atom. The zero-order valence-electron chi connectivity index (χ0n) is 11.5. The second kappa shape index (κ2) is 6.66. The molecule has 0 aromatic heterocycles. The molecule has 0 heterocycles. The summed E-state index contributed by atoms with van der Waals surface area (Å²) in [5.41, 5.74) is -0.430. The van der Waals surface area contributed by atoms with E-state index in [0.717, 1.165) is 0 Å². The van der Waals surface area contributed by atoms with Gasteiger partial charge in [0.15, 0.2) is 5.75 Å². The maximum Gasteiger partial charge on any atom is 0.311 e. The van der Waals surface area contributed by atoms with Gasteiger partial charge >= 0.3 is 5.69 Å². The van der Waals surface area contributed by atoms with Crippen LogP contribution in [0.4, 0.5) is 5.69 Å². The molecule has 0 N–H and O–H groups in total. The molecule has 0 spiro atoms. The fraction of sp³-hybridized carbons (Fsp3) is 0.429. The van der Waals surface area contributed by atoms with E-state index in [2.05, 4.69) is 6.07 Å². The van der Waals surface area contributed by atoms with Crippen LogP contribution < -0.4 is 4.74 Å². The number of ether oxygens (including phenoxy) is 1. The van der Waals surface area contributed by atoms with E-state index in [0.29, 0.717) is 19.1 Å². The number of nitro groups is 1. The van der Waals surface area contributed by atoms with Crippen LogP contribution in [0.25, 0.3) is 0 Å². The zero-order chi connectivity index (χ0) is 15.2. The molecule has 0 amide bonds. The summed E-state index contributed by atoms with van der Waals surface area (Å²) in [6.45, 7) is 3.94. The predicted octanol–water partition coefficient (Wildman–Crippen LogP) is 3.12. The Hall–Kier alpha value is -2.42. The van der Waals surface area contributed by atoms with E-state index in [-0.39, 0.29) is 23.6 Å². The molecule has 1 aromatic rings. The first-order valence-corrected chi connectivity index (χ1v) is 6.17. The summed E-state index contributed by atoms with van der Waals surface area (Å²) < 4.78 is 5.37. The predicted molar refractivity (Wildman–Crippen MR) is 72.6 cm³/mol. The monoisotopic (exact) mass is 276 g/mol. The lowest BCUT2D eigenvalue weighted by atomic mass is 9.90. The second-order valence-corrected chi connectivity index (χ2v) is 5.05. The first-order chi connectivity index (χ1) is 9.39. The molecule has 0 saturated heterocycles. The van der Waals surface area contributed by atoms with Gasteiger partial charge in [-0.05, 0) is 38.8 Å². The molecule has 0 aliphatic heterocycles. The van der Waals surface area contributed by atoms with Crippen molar-refractivity contribution in [2.75, 3.05) is 6.61 Å². The number of aldehydes is 1. The fourth-order valence-electron chi connectivity index (χ4n) is 1.62. The molecule has 0 fully saturated rings. The minimum atomic E-state index is -0.582. The Labute approximate surface area is 117 Å². The third-order valence-corrected chi connectivity index (χ3v) is 2.82. The minimum absolute atomic E-state index is 0.135. The van der Waals surface area contributed by atoms with Crippen LogP contribution >= 0.6 is 0 Å². The summed E-state index contributed by atoms with van der Waals surface area (Å²) in [6.07, 6.45) is 1.81. The number of carbonyl (C=O) groups is 1. The number of carbonyl (C=O) groups excluding carboxylic acids is 1. The summed E-state index contributed by atoms with van der Waals surface area (Å²) in [6, 6.07) is 6.24. The van der Waals surface area contributed by atoms with Gasteiger partial charge in [-0.1, -0.05) is 0 Å². The third kappa shape index (κ3) is 4.35. The molecular weight excluding hydrogens is 260 g/mol. The van der Waals surface area contributed by atoms with Gasteiger partial charge in [-0.15, -0.1) is 0 Å². The van der Waals surface area contributed by atoms with Gasteiger partial charge in [-0.3, -0.25) is 14.9 Å². The number of nitriles is 1. The third-order valence-electron chi connectivity index (χ3n) is 2.82. The van der Waals surface area contributed by atoms with Crippen LogP contribution in [0.15, 0.2) is 18.2 Å². The minimum Gasteiger partial charge on any atom is -0.487 e. The molecule has 106 valence electrons. The molecule has 0 radical (unpaired) electrons. The van der Waals surface area contributed by atoms with Crippen LogP contribution in [0.2, 0.25) is 0 Å². The lowest BCUT2D eigenvalue weighted by Gasteiger charge is -2.14. The summed E-state index contributed by atoms with van der Waals surface area (Å²) in [4.78, 5) is 20.9. The van der Waals surface area contributed by atoms with E-state index in [1.165, 1.54) is 18.2 Å². The van der Waals surface area contributed by atoms with Crippen molar-refractivity contribution in [1.29, 1.82) is 5.26 Å². The number of hydrogen-bond acceptors (Lipinski definition) is 5. The van der Waals surface area contributed by atoms with Gasteiger partial charge in [0.2, 0.25) is 0 Å². The van der Waals surface area contributed by atoms with E-state index in [9.17, 15) is 14.9 Å². The molecular formula is C14H16N2O4. The number of nitro benzene ring substituents is 1. The first-order valence-electron chi connectivity index (χ1n) is 6.17. The highest BCUT2D eigenvalue weighted by Crippen LogP contribution is 2.28. The van der Waals surface area contributed by atoms with E-state index in [1.54, 1.807) is 0 Å². The lowest BCUT2D eigenvalue weighted by molar-refractivity contribution is -0.385. The van der Waals surface area contributed by atoms with Gasteiger partial charge in [0.1, 0.15) is 6.29 Å². The van der Waals surface area contributed by atoms with Crippen molar-refractivity contribution in [3.63, 3.8) is 0 Å². The molecule has 0 unspecified atom stereocenters. The summed E-state index contributed by atoms with van der Waals surface area (Å²) in [5.74, 6) is 0.135. The van der Waals surface area contributed by atoms with Crippen molar-refractivity contribution in [1.82, 2.24) is 0 Å². The van der Waals surface area contributed by atoms with Crippen molar-refractivity contribution in [2.45, 2.75) is 26.7 Å². The van der Waals surface area contributed by atoms with Crippen molar-refractivity contribution in [2.24, 2.45) is 5.41 Å². The highest BCUT2D eigenvalue weighted by Gasteiger charge is 2.18. The van der Waals surface area contributed by atoms with Crippen LogP contribution in [-0.4, -0.2) is 17.8 Å². The van der Waals surface area contributed by atoms with Crippen LogP contribution in [0, 0.1) is 26.9 Å². The standard InChI is InChI=1S/C14H16N2O4/c1-14(2,10-15)6-3-7-20-13-5-4-11(9-17)8-12(13)16(18)19/h4-5,8-9H,3,6-7H2,1-2H3. The Kier molecular flexibility index (Phi) is 5.21. The maximum atomic E-state index is 10.9. The molecule has 0 atom stereocenters. The number of nitrogens with zero attached hydrogens (tertiary/aromatic N) is 2. The second-order valence-electron chi connectivity index (χ2n) is 5.05. The number of rotatable bonds is 7. The maximum absolute atomic E-state index is 10.9. The SMILES string of the molecule is CC(C)(C#N)CCCOc1ccc(C=O)cc1[N+](=O)[O-]. The molecule has 1 aromatic carbocycles. The molecule has 0 bridgehead atoms. The topological polar surface area (TPSA) is 93.2 Å². The Morgan fingerprint density at radius 1 is 1.50 bits per heavy atom. The van der Waals surface area contributed by atoms with Gasteiger partial charge < -0.3 is 4.74 Å². The number of benzene rings is 1. The van der Waals surface area contributed by atoms with E-state index < -0.39 is 10.3 Å². The quantitative estimate of drug-likeness (QED) is 0.330. The van der Waals surface area contributed by atoms with E-state index >= 15 is 0 Å². The van der Waals surface area contributed by atoms with Crippen LogP contribution in [0.3, 0.4) is 0 Å². The van der Waals surface area contributed by atoms with Crippen LogP contribution in [0.1, 0.15) is 37.0 Å². The lowest BCUT2D eigenvalue weighted by Crippen LogP contribution is -2.10. The highest BCUT2D eigenvalue weighted by molar-refractivity contribution is 5.77. The van der Waals surface area contributed by atoms with Gasteiger partial charge in [-0.25, -0.2) is 0 Å². The Bertz CT molecular complexity index is 547. The summed E-state index contributed by atoms with van der Waals surface area (Å²) in [5, 5.41) is 19.8. The fourth-order valence-corrected chi connectivity index (χ4v) is 1.62. The number of hydrogen-bond donors (Lipinski definition) is 0. The smallest absolute Gasteiger partial charge is 0.311 e. The summed E-state index contributed by atoms with van der Waals surface area (Å²) >= 11 is 0. The van der Waals surface area contributed by atoms with Crippen molar-refractivity contribution >= 4 is 12.0 Å². The Balaban J connectivity index is 2.67. The van der Waals surface area contributed by atoms with Gasteiger partial charge in [0.05, 0.1) is 23.0 Å². The van der Waals surface area contributed by atoms with E-state index in [4.69, 9.17) is 10.00 Å². The molecule has 6 nitrogen and oxygen atoms in total. The molecule has 6 heteroatoms. The van der Waals surface area contributed by atoms with Crippen LogP contribution in [-0.2, 0) is 0 Å². The van der Waals surface area contributed by atoms with Crippen molar-refractivity contribution < 1.29 is 14.5 Å². The average Bonchev–Trinajstić information content (AvgIpc) is 2.43. The van der Waals surface area contributed by atoms with Gasteiger partial charge in [-0.2, -0.15) is 5.26 Å². The summed E-state index contributed by atoms with van der Waals surface area (Å²) in [7, 11) is 0. The highest BCUT2D eigenvalue weighted by atomic mass is 16.6. The van der Waals surface area contributed by atoms with Crippen molar-refractivity contribution in [3.8, 4) is 11.8 Å². The zero-order valence-corrected chi connectivity index (χ0v) is 11.5. The van der Waals surface area contributed by atoms with Crippen molar-refractivity contribution in [3.05, 3.63) is 33.9 Å². The first kappa shape index (κ1) is 15.6. The normalized spacial score (nSPS) is 10.7. The van der Waals surface area contributed by atoms with E-state index in [1.807, 2.05) is 13.8 Å². The molecule has 1 rings (SSSR count). The molecule has 20 heavy (non-hydrogen) atoms. The largest absolute Gasteiger partial charge is 0.487 e. The Morgan fingerprint density at radius 2 is 2.20 bits per heavy atom.